The Balaban J connectivity index is 0.000000264. The molecule has 72 heavy (non-hydrogen) atoms. The van der Waals surface area contributed by atoms with Crippen LogP contribution in [0.25, 0.3) is 0 Å². The van der Waals surface area contributed by atoms with E-state index in [2.05, 4.69) is 4.89 Å². The summed E-state index contributed by atoms with van der Waals surface area (Å²) < 4.78 is 68.7. The number of halogens is 2. The smallest absolute Gasteiger partial charge is 0.662 e. The summed E-state index contributed by atoms with van der Waals surface area (Å²) in [6.07, 6.45) is 0. The molecule has 0 fully saturated rings. The third-order valence-electron chi connectivity index (χ3n) is 10.1. The van der Waals surface area contributed by atoms with Gasteiger partial charge in [0.1, 0.15) is 40.4 Å². The molecule has 1 radical (unpaired) electrons. The minimum atomic E-state index is -3.38. The van der Waals surface area contributed by atoms with Crippen molar-refractivity contribution in [3.63, 3.8) is 0 Å². The molecule has 0 atom stereocenters. The molecule has 7 N–H and O–H groups in total. The van der Waals surface area contributed by atoms with Crippen LogP contribution in [0.5, 0.6) is 28.7 Å². The van der Waals surface area contributed by atoms with Crippen molar-refractivity contribution < 1.29 is 98.8 Å². The number of nitrogens with two attached hydrogens (primary N) is 3. The van der Waals surface area contributed by atoms with Gasteiger partial charge in [0.05, 0.1) is 10.6 Å². The Labute approximate surface area is 501 Å². The molecule has 355 valence electrons. The predicted molar refractivity (Wildman–Crippen MR) is 279 cm³/mol. The third kappa shape index (κ3) is 16.2. The minimum absolute atomic E-state index is 0. The second kappa shape index (κ2) is 29.5. The fraction of sp³-hybridized carbons (Fsp3) is 0. The molecule has 0 bridgehead atoms. The van der Waals surface area contributed by atoms with Gasteiger partial charge in [-0.15, -0.1) is 0 Å². The second-order valence-corrected chi connectivity index (χ2v) is 20.4. The van der Waals surface area contributed by atoms with Crippen LogP contribution in [0.15, 0.2) is 231 Å². The standard InChI is InChI=1S/C30H25N2O3P.C18H13F2OP.C6H7NO.CH2O3.2K/c31-22-9-7-11-24(19-22)34-26-17-18-30(29(21-26)35-25-12-8-10-23(32)20-25)36(33,27-13-3-1-4-14-27)28-15-5-2-6-16-28;19-14-11-12-18(17(20)13-14)22(21,15-7-3-1-4-8-15)16-9-5-2-6-10-16;7-5-2-1-3-6(8)4-5;2-1-4-3;;/h1-21H,31-32H2;1-13H;1-4,8H,7H2;1,3H;;/q;;;;;+1/p-1. The maximum atomic E-state index is 15.0. The van der Waals surface area contributed by atoms with Crippen LogP contribution in [-0.4, -0.2) is 63.0 Å². The predicted octanol–water partition coefficient (Wildman–Crippen LogP) is 5.71. The van der Waals surface area contributed by atoms with Gasteiger partial charge in [0.15, 0.2) is 14.3 Å². The van der Waals surface area contributed by atoms with Crippen LogP contribution in [-0.2, 0) is 18.8 Å². The van der Waals surface area contributed by atoms with Crippen LogP contribution in [0.1, 0.15) is 0 Å². The van der Waals surface area contributed by atoms with Gasteiger partial charge in [-0.3, -0.25) is 4.79 Å². The number of carbonyl (C=O) groups excluding carboxylic acids is 1. The molecule has 0 aliphatic carbocycles. The topological polar surface area (TPSA) is 200 Å². The summed E-state index contributed by atoms with van der Waals surface area (Å²) in [7, 11) is -6.68. The quantitative estimate of drug-likeness (QED) is 0.0309. The fourth-order valence-corrected chi connectivity index (χ4v) is 12.4. The molecule has 9 rings (SSSR count). The van der Waals surface area contributed by atoms with Crippen molar-refractivity contribution in [2.45, 2.75) is 0 Å². The molecule has 0 unspecified atom stereocenters. The maximum absolute atomic E-state index is 15.0. The summed E-state index contributed by atoms with van der Waals surface area (Å²) in [5.74, 6) is 0.793. The normalized spacial score (nSPS) is 10.3. The second-order valence-electron chi connectivity index (χ2n) is 14.9. The van der Waals surface area contributed by atoms with E-state index in [0.29, 0.717) is 66.6 Å². The summed E-state index contributed by atoms with van der Waals surface area (Å²) in [6.45, 7) is -0.181. The van der Waals surface area contributed by atoms with Gasteiger partial charge in [0.25, 0.3) is 6.47 Å². The number of phenolic OH excluding ortho intramolecular Hbond substituents is 1. The van der Waals surface area contributed by atoms with Crippen molar-refractivity contribution in [3.05, 3.63) is 242 Å². The number of anilines is 3. The first kappa shape index (κ1) is 59.4. The number of hydrogen-bond acceptors (Lipinski definition) is 11. The molecule has 0 saturated carbocycles. The van der Waals surface area contributed by atoms with Crippen molar-refractivity contribution >= 4 is 121 Å². The Morgan fingerprint density at radius 3 is 1.21 bits per heavy atom. The first-order chi connectivity index (χ1) is 33.8. The van der Waals surface area contributed by atoms with E-state index < -0.39 is 25.9 Å². The Morgan fingerprint density at radius 2 is 0.833 bits per heavy atom. The fourth-order valence-electron chi connectivity index (χ4n) is 6.99. The Bertz CT molecular complexity index is 3120. The van der Waals surface area contributed by atoms with E-state index in [9.17, 15) is 13.3 Å². The zero-order valence-electron chi connectivity index (χ0n) is 39.2. The zero-order chi connectivity index (χ0) is 49.9. The molecule has 0 saturated heterocycles. The average Bonchev–Trinajstić information content (AvgIpc) is 3.37. The van der Waals surface area contributed by atoms with E-state index in [1.54, 1.807) is 115 Å². The maximum Gasteiger partial charge on any atom is 1.00 e. The first-order valence-corrected chi connectivity index (χ1v) is 24.6. The molecule has 11 nitrogen and oxygen atoms in total. The molecule has 0 amide bonds. The number of benzene rings is 9. The minimum Gasteiger partial charge on any atom is -0.662 e. The van der Waals surface area contributed by atoms with Crippen LogP contribution in [0.2, 0.25) is 0 Å². The van der Waals surface area contributed by atoms with Gasteiger partial charge >= 0.3 is 51.4 Å². The summed E-state index contributed by atoms with van der Waals surface area (Å²) in [6, 6.07) is 65.7. The average molecular weight is 1060 g/mol. The molecule has 0 aliphatic rings. The molecule has 17 heteroatoms. The van der Waals surface area contributed by atoms with Crippen LogP contribution in [0.3, 0.4) is 0 Å². The number of aromatic hydroxyl groups is 1. The zero-order valence-corrected chi connectivity index (χ0v) is 47.2. The van der Waals surface area contributed by atoms with E-state index >= 15 is 4.57 Å². The van der Waals surface area contributed by atoms with E-state index in [1.165, 1.54) is 12.1 Å². The van der Waals surface area contributed by atoms with Gasteiger partial charge in [-0.2, -0.15) is 0 Å². The van der Waals surface area contributed by atoms with Gasteiger partial charge in [-0.05, 0) is 60.7 Å². The first-order valence-electron chi connectivity index (χ1n) is 21.2. The van der Waals surface area contributed by atoms with Crippen molar-refractivity contribution in [2.24, 2.45) is 0 Å². The van der Waals surface area contributed by atoms with E-state index in [0.717, 1.165) is 12.1 Å². The van der Waals surface area contributed by atoms with Gasteiger partial charge in [0.2, 0.25) is 0 Å². The molecule has 0 heterocycles. The molecular weight excluding hydrogens is 1010 g/mol. The van der Waals surface area contributed by atoms with E-state index in [4.69, 9.17) is 41.8 Å². The number of rotatable bonds is 11. The summed E-state index contributed by atoms with van der Waals surface area (Å²) in [5, 5.41) is 20.2. The van der Waals surface area contributed by atoms with Crippen LogP contribution in [0, 0.1) is 11.6 Å². The van der Waals surface area contributed by atoms with Gasteiger partial charge in [-0.1, -0.05) is 140 Å². The largest absolute Gasteiger partial charge is 1.00 e. The molecule has 9 aromatic carbocycles. The van der Waals surface area contributed by atoms with Crippen LogP contribution >= 0.6 is 14.3 Å². The SMILES string of the molecule is Nc1cccc(O)c1.Nc1cccc(Oc2ccc(P(=O)(c3ccccc3)c3ccccc3)c(Oc3cccc(N)c3)c2)c1.O=CO[O-].O=P(c1ccccc1)(c1ccccc1)c1ccc(F)cc1F.[K+].[K]. The van der Waals surface area contributed by atoms with Crippen LogP contribution < -0.4 is 115 Å². The number of phenols is 1. The summed E-state index contributed by atoms with van der Waals surface area (Å²) >= 11 is 0. The van der Waals surface area contributed by atoms with Crippen molar-refractivity contribution in [1.29, 1.82) is 0 Å². The monoisotopic (exact) mass is 1050 g/mol. The van der Waals surface area contributed by atoms with E-state index in [1.807, 2.05) is 91.0 Å². The molecule has 0 aromatic heterocycles. The Hall–Kier alpha value is -5.20. The van der Waals surface area contributed by atoms with Crippen molar-refractivity contribution in [1.82, 2.24) is 0 Å². The number of ether oxygens (including phenoxy) is 2. The van der Waals surface area contributed by atoms with Crippen molar-refractivity contribution in [3.8, 4) is 28.7 Å². The summed E-state index contributed by atoms with van der Waals surface area (Å²) in [4.78, 5) is 11.2. The number of carbonyl (C=O) groups is 1. The van der Waals surface area contributed by atoms with Gasteiger partial charge in [0, 0.05) is 120 Å². The number of nitrogen functional groups attached to an aromatic ring is 3. The van der Waals surface area contributed by atoms with E-state index in [-0.39, 0.29) is 120 Å². The molecule has 0 aliphatic heterocycles. The molecule has 0 spiro atoms. The molecular formula is C55H46F2K2N3O8P2. The van der Waals surface area contributed by atoms with Gasteiger partial charge in [-0.25, -0.2) is 8.78 Å². The number of hydrogen-bond donors (Lipinski definition) is 4. The van der Waals surface area contributed by atoms with Gasteiger partial charge < -0.3 is 51.1 Å². The Morgan fingerprint density at radius 1 is 0.458 bits per heavy atom. The molecule has 9 aromatic rings. The van der Waals surface area contributed by atoms with Crippen LogP contribution in [0.4, 0.5) is 25.8 Å². The van der Waals surface area contributed by atoms with Crippen molar-refractivity contribution in [2.75, 3.05) is 17.2 Å². The summed E-state index contributed by atoms with van der Waals surface area (Å²) in [5.41, 5.74) is 19.0. The third-order valence-corrected chi connectivity index (χ3v) is 16.3. The Kier molecular flexibility index (Phi) is 24.3.